The lowest BCUT2D eigenvalue weighted by Crippen LogP contribution is -2.32. The van der Waals surface area contributed by atoms with Crippen molar-refractivity contribution >= 4 is 11.6 Å². The Hall–Kier alpha value is -0.710. The first-order valence-electron chi connectivity index (χ1n) is 5.40. The highest BCUT2D eigenvalue weighted by Crippen LogP contribution is 2.40. The van der Waals surface area contributed by atoms with Crippen LogP contribution in [0.15, 0.2) is 12.1 Å². The summed E-state index contributed by atoms with van der Waals surface area (Å²) in [5.41, 5.74) is -0.622. The van der Waals surface area contributed by atoms with Crippen molar-refractivity contribution in [2.75, 3.05) is 6.61 Å². The number of aliphatic hydroxyl groups is 1. The lowest BCUT2D eigenvalue weighted by molar-refractivity contribution is -0.0797. The summed E-state index contributed by atoms with van der Waals surface area (Å²) in [6, 6.07) is 1.79. The van der Waals surface area contributed by atoms with E-state index in [1.165, 1.54) is 0 Å². The van der Waals surface area contributed by atoms with Crippen molar-refractivity contribution < 1.29 is 18.6 Å². The van der Waals surface area contributed by atoms with Gasteiger partial charge in [-0.25, -0.2) is 8.78 Å². The maximum Gasteiger partial charge on any atom is 0.160 e. The van der Waals surface area contributed by atoms with Crippen LogP contribution in [0.2, 0.25) is 5.02 Å². The van der Waals surface area contributed by atoms with Crippen LogP contribution in [0.4, 0.5) is 8.78 Å². The highest BCUT2D eigenvalue weighted by molar-refractivity contribution is 6.31. The summed E-state index contributed by atoms with van der Waals surface area (Å²) in [5.74, 6) is -2.05. The third-order valence-electron chi connectivity index (χ3n) is 3.16. The van der Waals surface area contributed by atoms with Gasteiger partial charge in [0.05, 0.1) is 5.60 Å². The fourth-order valence-electron chi connectivity index (χ4n) is 2.09. The molecule has 1 saturated heterocycles. The largest absolute Gasteiger partial charge is 0.385 e. The van der Waals surface area contributed by atoms with Gasteiger partial charge in [-0.2, -0.15) is 0 Å². The Bertz CT molecular complexity index is 431. The number of aliphatic hydroxyl groups excluding tert-OH is 1. The number of ether oxygens (including phenoxy) is 1. The van der Waals surface area contributed by atoms with E-state index in [0.29, 0.717) is 13.0 Å². The van der Waals surface area contributed by atoms with Crippen LogP contribution in [0.5, 0.6) is 0 Å². The van der Waals surface area contributed by atoms with Crippen LogP contribution in [0, 0.1) is 11.6 Å². The van der Waals surface area contributed by atoms with E-state index in [-0.39, 0.29) is 10.6 Å². The standard InChI is InChI=1S/C12H13ClF2O2/c1-12(3-2-4-17-12)11(16)7-5-9(14)10(15)6-8(7)13/h5-6,11,16H,2-4H2,1H3. The van der Waals surface area contributed by atoms with Gasteiger partial charge in [0, 0.05) is 17.2 Å². The Morgan fingerprint density at radius 3 is 2.65 bits per heavy atom. The zero-order chi connectivity index (χ0) is 12.6. The molecule has 0 saturated carbocycles. The van der Waals surface area contributed by atoms with Crippen molar-refractivity contribution in [1.82, 2.24) is 0 Å². The van der Waals surface area contributed by atoms with E-state index in [4.69, 9.17) is 16.3 Å². The summed E-state index contributed by atoms with van der Waals surface area (Å²) in [6.07, 6.45) is 0.422. The topological polar surface area (TPSA) is 29.5 Å². The maximum atomic E-state index is 13.1. The molecular weight excluding hydrogens is 250 g/mol. The van der Waals surface area contributed by atoms with E-state index in [2.05, 4.69) is 0 Å². The highest BCUT2D eigenvalue weighted by Gasteiger charge is 2.39. The Kier molecular flexibility index (Phi) is 3.39. The Morgan fingerprint density at radius 1 is 1.41 bits per heavy atom. The molecule has 0 bridgehead atoms. The molecule has 1 aromatic carbocycles. The van der Waals surface area contributed by atoms with Gasteiger partial charge in [0.1, 0.15) is 6.10 Å². The number of halogens is 3. The molecule has 0 amide bonds. The van der Waals surface area contributed by atoms with Crippen LogP contribution in [0.3, 0.4) is 0 Å². The fourth-order valence-corrected chi connectivity index (χ4v) is 2.35. The van der Waals surface area contributed by atoms with Crippen molar-refractivity contribution in [3.63, 3.8) is 0 Å². The molecule has 1 heterocycles. The number of rotatable bonds is 2. The Labute approximate surface area is 103 Å². The molecule has 0 spiro atoms. The van der Waals surface area contributed by atoms with Crippen molar-refractivity contribution in [1.29, 1.82) is 0 Å². The molecule has 1 aliphatic rings. The summed E-state index contributed by atoms with van der Waals surface area (Å²) in [6.45, 7) is 2.29. The van der Waals surface area contributed by atoms with E-state index >= 15 is 0 Å². The molecule has 2 nitrogen and oxygen atoms in total. The van der Waals surface area contributed by atoms with Gasteiger partial charge in [-0.3, -0.25) is 0 Å². The number of benzene rings is 1. The number of hydrogen-bond donors (Lipinski definition) is 1. The molecule has 0 aromatic heterocycles. The minimum Gasteiger partial charge on any atom is -0.385 e. The monoisotopic (exact) mass is 262 g/mol. The molecule has 2 rings (SSSR count). The lowest BCUT2D eigenvalue weighted by Gasteiger charge is -2.30. The van der Waals surface area contributed by atoms with Crippen molar-refractivity contribution in [3.8, 4) is 0 Å². The van der Waals surface area contributed by atoms with Crippen molar-refractivity contribution in [3.05, 3.63) is 34.4 Å². The van der Waals surface area contributed by atoms with Crippen LogP contribution < -0.4 is 0 Å². The SMILES string of the molecule is CC1(C(O)c2cc(F)c(F)cc2Cl)CCCO1. The predicted molar refractivity (Wildman–Crippen MR) is 59.9 cm³/mol. The minimum absolute atomic E-state index is 0.00752. The molecule has 0 aliphatic carbocycles. The fraction of sp³-hybridized carbons (Fsp3) is 0.500. The first kappa shape index (κ1) is 12.7. The first-order valence-corrected chi connectivity index (χ1v) is 5.78. The molecular formula is C12H13ClF2O2. The van der Waals surface area contributed by atoms with Crippen LogP contribution >= 0.6 is 11.6 Å². The molecule has 2 unspecified atom stereocenters. The second-order valence-corrected chi connectivity index (χ2v) is 4.86. The molecule has 1 fully saturated rings. The Morgan fingerprint density at radius 2 is 2.06 bits per heavy atom. The summed E-state index contributed by atoms with van der Waals surface area (Å²) in [4.78, 5) is 0. The molecule has 1 aromatic rings. The smallest absolute Gasteiger partial charge is 0.160 e. The van der Waals surface area contributed by atoms with Crippen LogP contribution in [-0.2, 0) is 4.74 Å². The van der Waals surface area contributed by atoms with Crippen molar-refractivity contribution in [2.24, 2.45) is 0 Å². The average Bonchev–Trinajstić information content (AvgIpc) is 2.71. The van der Waals surface area contributed by atoms with Crippen LogP contribution in [0.25, 0.3) is 0 Å². The predicted octanol–water partition coefficient (Wildman–Crippen LogP) is 3.22. The molecule has 2 atom stereocenters. The van der Waals surface area contributed by atoms with E-state index in [1.807, 2.05) is 0 Å². The maximum absolute atomic E-state index is 13.1. The van der Waals surface area contributed by atoms with Gasteiger partial charge in [0.2, 0.25) is 0 Å². The second kappa shape index (κ2) is 4.52. The summed E-state index contributed by atoms with van der Waals surface area (Å²) >= 11 is 5.81. The van der Waals surface area contributed by atoms with E-state index < -0.39 is 23.3 Å². The summed E-state index contributed by atoms with van der Waals surface area (Å²) < 4.78 is 31.5. The van der Waals surface area contributed by atoms with Gasteiger partial charge in [-0.05, 0) is 31.9 Å². The van der Waals surface area contributed by atoms with E-state index in [9.17, 15) is 13.9 Å². The molecule has 17 heavy (non-hydrogen) atoms. The minimum atomic E-state index is -1.06. The van der Waals surface area contributed by atoms with Crippen LogP contribution in [-0.4, -0.2) is 17.3 Å². The molecule has 94 valence electrons. The second-order valence-electron chi connectivity index (χ2n) is 4.46. The zero-order valence-corrected chi connectivity index (χ0v) is 10.1. The molecule has 1 N–H and O–H groups in total. The molecule has 0 radical (unpaired) electrons. The first-order chi connectivity index (χ1) is 7.94. The lowest BCUT2D eigenvalue weighted by atomic mass is 9.90. The van der Waals surface area contributed by atoms with Gasteiger partial charge in [-0.1, -0.05) is 11.6 Å². The van der Waals surface area contributed by atoms with E-state index in [1.54, 1.807) is 6.92 Å². The summed E-state index contributed by atoms with van der Waals surface area (Å²) in [7, 11) is 0. The third kappa shape index (κ3) is 2.30. The van der Waals surface area contributed by atoms with Crippen LogP contribution in [0.1, 0.15) is 31.4 Å². The average molecular weight is 263 g/mol. The highest BCUT2D eigenvalue weighted by atomic mass is 35.5. The zero-order valence-electron chi connectivity index (χ0n) is 9.34. The summed E-state index contributed by atoms with van der Waals surface area (Å²) in [5, 5.41) is 10.2. The van der Waals surface area contributed by atoms with Gasteiger partial charge in [0.25, 0.3) is 0 Å². The quantitative estimate of drug-likeness (QED) is 0.830. The molecule has 1 aliphatic heterocycles. The van der Waals surface area contributed by atoms with Gasteiger partial charge < -0.3 is 9.84 Å². The molecule has 5 heteroatoms. The van der Waals surface area contributed by atoms with Crippen molar-refractivity contribution in [2.45, 2.75) is 31.5 Å². The number of hydrogen-bond acceptors (Lipinski definition) is 2. The normalized spacial score (nSPS) is 26.2. The Balaban J connectivity index is 2.36. The third-order valence-corrected chi connectivity index (χ3v) is 3.49. The van der Waals surface area contributed by atoms with Gasteiger partial charge >= 0.3 is 0 Å². The van der Waals surface area contributed by atoms with Gasteiger partial charge in [0.15, 0.2) is 11.6 Å². The van der Waals surface area contributed by atoms with Gasteiger partial charge in [-0.15, -0.1) is 0 Å². The van der Waals surface area contributed by atoms with E-state index in [0.717, 1.165) is 18.6 Å².